The monoisotopic (exact) mass is 431 g/mol. The quantitative estimate of drug-likeness (QED) is 0.773. The summed E-state index contributed by atoms with van der Waals surface area (Å²) in [6.07, 6.45) is 0. The molecule has 2 N–H and O–H groups in total. The van der Waals surface area contributed by atoms with E-state index in [-0.39, 0.29) is 28.7 Å². The fourth-order valence-corrected chi connectivity index (χ4v) is 6.97. The molecule has 0 bridgehead atoms. The van der Waals surface area contributed by atoms with Crippen LogP contribution in [0.15, 0.2) is 47.5 Å². The number of ether oxygens (including phenoxy) is 1. The van der Waals surface area contributed by atoms with Crippen molar-refractivity contribution in [2.45, 2.75) is 18.2 Å². The van der Waals surface area contributed by atoms with E-state index in [0.29, 0.717) is 16.4 Å². The number of benzene rings is 2. The van der Waals surface area contributed by atoms with Crippen molar-refractivity contribution in [1.29, 1.82) is 0 Å². The molecule has 2 aromatic carbocycles. The first kappa shape index (κ1) is 19.8. The van der Waals surface area contributed by atoms with Crippen LogP contribution in [0.3, 0.4) is 0 Å². The summed E-state index contributed by atoms with van der Waals surface area (Å²) < 4.78 is 28.6. The van der Waals surface area contributed by atoms with E-state index in [2.05, 4.69) is 15.6 Å². The largest absolute Gasteiger partial charge is 0.497 e. The summed E-state index contributed by atoms with van der Waals surface area (Å²) >= 11 is 1.45. The average molecular weight is 432 g/mol. The number of rotatable bonds is 4. The second kappa shape index (κ2) is 7.72. The van der Waals surface area contributed by atoms with E-state index in [4.69, 9.17) is 4.74 Å². The van der Waals surface area contributed by atoms with Crippen LogP contribution in [0.25, 0.3) is 0 Å². The Labute approximate surface area is 173 Å². The molecule has 9 heteroatoms. The number of sulfone groups is 1. The number of methoxy groups -OCH3 is 1. The van der Waals surface area contributed by atoms with Crippen LogP contribution in [-0.2, 0) is 9.84 Å². The predicted molar refractivity (Wildman–Crippen MR) is 117 cm³/mol. The third kappa shape index (κ3) is 4.40. The number of carbonyl (C=O) groups is 1. The Morgan fingerprint density at radius 2 is 1.93 bits per heavy atom. The molecule has 0 aromatic heterocycles. The average Bonchev–Trinajstić information content (AvgIpc) is 3.16. The zero-order valence-electron chi connectivity index (χ0n) is 16.0. The smallest absolute Gasteiger partial charge is 0.255 e. The van der Waals surface area contributed by atoms with Crippen LogP contribution in [0.2, 0.25) is 0 Å². The molecular formula is C20H21N3O4S2. The fourth-order valence-electron chi connectivity index (χ4n) is 3.31. The Bertz CT molecular complexity index is 1080. The first-order chi connectivity index (χ1) is 13.8. The second-order valence-electron chi connectivity index (χ2n) is 7.07. The molecule has 0 aliphatic carbocycles. The number of anilines is 2. The minimum atomic E-state index is -2.98. The topological polar surface area (TPSA) is 96.9 Å². The highest BCUT2D eigenvalue weighted by Gasteiger charge is 2.42. The van der Waals surface area contributed by atoms with Gasteiger partial charge in [-0.3, -0.25) is 9.79 Å². The number of fused-ring (bicyclic) bond motifs is 1. The number of amides is 1. The van der Waals surface area contributed by atoms with E-state index in [9.17, 15) is 13.2 Å². The molecule has 0 spiro atoms. The molecule has 2 aromatic rings. The SMILES string of the molecule is COc1ccc(NC(=O)c2ccc(C)c(NC3=N[C@H]4CS(=O)(=O)C[C@H]4S3)c2)cc1. The maximum Gasteiger partial charge on any atom is 0.255 e. The molecule has 0 unspecified atom stereocenters. The van der Waals surface area contributed by atoms with Gasteiger partial charge in [0, 0.05) is 22.2 Å². The third-order valence-electron chi connectivity index (χ3n) is 4.91. The summed E-state index contributed by atoms with van der Waals surface area (Å²) in [4.78, 5) is 17.1. The van der Waals surface area contributed by atoms with Crippen molar-refractivity contribution in [2.24, 2.45) is 4.99 Å². The van der Waals surface area contributed by atoms with Gasteiger partial charge in [-0.25, -0.2) is 8.42 Å². The molecule has 4 rings (SSSR count). The normalized spacial score (nSPS) is 21.9. The molecule has 2 aliphatic rings. The highest BCUT2D eigenvalue weighted by molar-refractivity contribution is 8.15. The van der Waals surface area contributed by atoms with Crippen LogP contribution >= 0.6 is 11.8 Å². The molecule has 1 saturated heterocycles. The lowest BCUT2D eigenvalue weighted by molar-refractivity contribution is 0.102. The van der Waals surface area contributed by atoms with Crippen LogP contribution < -0.4 is 15.4 Å². The molecule has 152 valence electrons. The van der Waals surface area contributed by atoms with Gasteiger partial charge in [-0.1, -0.05) is 17.8 Å². The lowest BCUT2D eigenvalue weighted by Crippen LogP contribution is -2.14. The molecule has 7 nitrogen and oxygen atoms in total. The Morgan fingerprint density at radius 1 is 1.17 bits per heavy atom. The third-order valence-corrected chi connectivity index (χ3v) is 8.05. The van der Waals surface area contributed by atoms with E-state index in [1.54, 1.807) is 43.5 Å². The van der Waals surface area contributed by atoms with E-state index in [1.807, 2.05) is 13.0 Å². The number of nitrogens with one attached hydrogen (secondary N) is 2. The molecule has 0 saturated carbocycles. The second-order valence-corrected chi connectivity index (χ2v) is 10.5. The number of aliphatic imine (C=N–C) groups is 1. The zero-order valence-corrected chi connectivity index (χ0v) is 17.6. The summed E-state index contributed by atoms with van der Waals surface area (Å²) in [6.45, 7) is 1.94. The number of aryl methyl sites for hydroxylation is 1. The molecule has 29 heavy (non-hydrogen) atoms. The number of amidine groups is 1. The maximum atomic E-state index is 12.6. The minimum absolute atomic E-state index is 0.0237. The van der Waals surface area contributed by atoms with E-state index in [0.717, 1.165) is 17.0 Å². The number of nitrogens with zero attached hydrogens (tertiary/aromatic N) is 1. The highest BCUT2D eigenvalue weighted by atomic mass is 32.2. The van der Waals surface area contributed by atoms with E-state index < -0.39 is 9.84 Å². The van der Waals surface area contributed by atoms with Crippen LogP contribution in [0.5, 0.6) is 5.75 Å². The molecule has 1 amide bonds. The molecule has 2 atom stereocenters. The summed E-state index contributed by atoms with van der Waals surface area (Å²) in [5.74, 6) is 0.777. The summed E-state index contributed by atoms with van der Waals surface area (Å²) in [5, 5.41) is 6.80. The Kier molecular flexibility index (Phi) is 5.26. The van der Waals surface area contributed by atoms with Crippen molar-refractivity contribution in [2.75, 3.05) is 29.2 Å². The van der Waals surface area contributed by atoms with Crippen molar-refractivity contribution in [3.05, 3.63) is 53.6 Å². The van der Waals surface area contributed by atoms with Gasteiger partial charge in [0.15, 0.2) is 15.0 Å². The zero-order chi connectivity index (χ0) is 20.6. The Morgan fingerprint density at radius 3 is 2.62 bits per heavy atom. The van der Waals surface area contributed by atoms with Crippen LogP contribution in [0.1, 0.15) is 15.9 Å². The fraction of sp³-hybridized carbons (Fsp3) is 0.300. The summed E-state index contributed by atoms with van der Waals surface area (Å²) in [7, 11) is -1.39. The number of thioether (sulfide) groups is 1. The minimum Gasteiger partial charge on any atom is -0.497 e. The van der Waals surface area contributed by atoms with Crippen molar-refractivity contribution in [1.82, 2.24) is 0 Å². The van der Waals surface area contributed by atoms with Gasteiger partial charge < -0.3 is 15.4 Å². The van der Waals surface area contributed by atoms with Crippen LogP contribution in [-0.4, -0.2) is 49.4 Å². The van der Waals surface area contributed by atoms with Crippen LogP contribution in [0, 0.1) is 6.92 Å². The van der Waals surface area contributed by atoms with Gasteiger partial charge in [-0.05, 0) is 48.9 Å². The van der Waals surface area contributed by atoms with Gasteiger partial charge in [-0.2, -0.15) is 0 Å². The standard InChI is InChI=1S/C20H21N3O4S2/c1-12-3-4-13(19(24)21-14-5-7-15(27-2)8-6-14)9-16(12)22-20-23-17-10-29(25,26)11-18(17)28-20/h3-9,17-18H,10-11H2,1-2H3,(H,21,24)(H,22,23)/t17-,18+/m0/s1. The number of hydrogen-bond donors (Lipinski definition) is 2. The molecule has 0 radical (unpaired) electrons. The predicted octanol–water partition coefficient (Wildman–Crippen LogP) is 2.94. The first-order valence-electron chi connectivity index (χ1n) is 9.11. The highest BCUT2D eigenvalue weighted by Crippen LogP contribution is 2.35. The van der Waals surface area contributed by atoms with E-state index >= 15 is 0 Å². The lowest BCUT2D eigenvalue weighted by atomic mass is 10.1. The lowest BCUT2D eigenvalue weighted by Gasteiger charge is -2.12. The van der Waals surface area contributed by atoms with Gasteiger partial charge in [0.05, 0.1) is 24.7 Å². The summed E-state index contributed by atoms with van der Waals surface area (Å²) in [5.41, 5.74) is 2.94. The van der Waals surface area contributed by atoms with Crippen LogP contribution in [0.4, 0.5) is 11.4 Å². The Hall–Kier alpha value is -2.52. The molecular weight excluding hydrogens is 410 g/mol. The van der Waals surface area contributed by atoms with Gasteiger partial charge in [-0.15, -0.1) is 0 Å². The summed E-state index contributed by atoms with van der Waals surface area (Å²) in [6, 6.07) is 12.4. The van der Waals surface area contributed by atoms with Gasteiger partial charge >= 0.3 is 0 Å². The molecule has 2 heterocycles. The van der Waals surface area contributed by atoms with Crippen molar-refractivity contribution >= 4 is 44.0 Å². The van der Waals surface area contributed by atoms with Gasteiger partial charge in [0.2, 0.25) is 0 Å². The van der Waals surface area contributed by atoms with Gasteiger partial charge in [0.25, 0.3) is 5.91 Å². The van der Waals surface area contributed by atoms with Crippen molar-refractivity contribution in [3.8, 4) is 5.75 Å². The molecule has 2 aliphatic heterocycles. The number of carbonyl (C=O) groups excluding carboxylic acids is 1. The Balaban J connectivity index is 1.47. The maximum absolute atomic E-state index is 12.6. The van der Waals surface area contributed by atoms with Crippen molar-refractivity contribution < 1.29 is 17.9 Å². The number of hydrogen-bond acceptors (Lipinski definition) is 7. The van der Waals surface area contributed by atoms with Gasteiger partial charge in [0.1, 0.15) is 5.75 Å². The first-order valence-corrected chi connectivity index (χ1v) is 11.8. The van der Waals surface area contributed by atoms with E-state index in [1.165, 1.54) is 11.8 Å². The van der Waals surface area contributed by atoms with Crippen molar-refractivity contribution in [3.63, 3.8) is 0 Å². The molecule has 1 fully saturated rings.